The van der Waals surface area contributed by atoms with Crippen molar-refractivity contribution in [2.75, 3.05) is 12.9 Å². The van der Waals surface area contributed by atoms with E-state index in [1.165, 1.54) is 11.8 Å². The topological polar surface area (TPSA) is 87.7 Å². The van der Waals surface area contributed by atoms with E-state index in [0.717, 1.165) is 15.5 Å². The summed E-state index contributed by atoms with van der Waals surface area (Å²) in [6.07, 6.45) is 0. The number of urea groups is 1. The first-order valence-electron chi connectivity index (χ1n) is 8.63. The first-order valence-corrected chi connectivity index (χ1v) is 9.62. The monoisotopic (exact) mass is 399 g/mol. The number of imide groups is 1. The maximum absolute atomic E-state index is 12.8. The molecule has 1 heterocycles. The van der Waals surface area contributed by atoms with Crippen LogP contribution in [0.2, 0.25) is 0 Å². The number of hydrogen-bond acceptors (Lipinski definition) is 5. The number of rotatable bonds is 6. The van der Waals surface area contributed by atoms with Crippen molar-refractivity contribution in [3.63, 3.8) is 0 Å². The van der Waals surface area contributed by atoms with Gasteiger partial charge in [-0.15, -0.1) is 11.8 Å². The Balaban J connectivity index is 1.65. The Morgan fingerprint density at radius 1 is 1.14 bits per heavy atom. The van der Waals surface area contributed by atoms with E-state index >= 15 is 0 Å². The average molecular weight is 399 g/mol. The van der Waals surface area contributed by atoms with Crippen molar-refractivity contribution in [1.29, 1.82) is 0 Å². The smallest absolute Gasteiger partial charge is 0.344 e. The summed E-state index contributed by atoms with van der Waals surface area (Å²) in [5.41, 5.74) is 2.86. The van der Waals surface area contributed by atoms with Gasteiger partial charge in [0.1, 0.15) is 11.3 Å². The van der Waals surface area contributed by atoms with Crippen molar-refractivity contribution >= 4 is 29.6 Å². The maximum atomic E-state index is 12.8. The number of hydrogen-bond donors (Lipinski definition) is 2. The van der Waals surface area contributed by atoms with Crippen LogP contribution in [0.15, 0.2) is 53.4 Å². The van der Waals surface area contributed by atoms with Crippen molar-refractivity contribution in [3.05, 3.63) is 59.7 Å². The normalized spacial score (nSPS) is 18.8. The van der Waals surface area contributed by atoms with Crippen LogP contribution in [0, 0.1) is 6.92 Å². The molecule has 1 atom stereocenters. The summed E-state index contributed by atoms with van der Waals surface area (Å²) in [4.78, 5) is 38.3. The van der Waals surface area contributed by atoms with Gasteiger partial charge in [-0.3, -0.25) is 15.0 Å². The molecule has 2 aromatic rings. The highest BCUT2D eigenvalue weighted by atomic mass is 32.2. The SMILES string of the molecule is COc1ccc(C2(C)NC(=O)N(NC(=O)CSc3ccc(C)cc3)C2=O)cc1. The minimum Gasteiger partial charge on any atom is -0.497 e. The summed E-state index contributed by atoms with van der Waals surface area (Å²) < 4.78 is 5.11. The predicted molar refractivity (Wildman–Crippen MR) is 106 cm³/mol. The molecule has 4 amide bonds. The highest BCUT2D eigenvalue weighted by Crippen LogP contribution is 2.29. The predicted octanol–water partition coefficient (Wildman–Crippen LogP) is 2.59. The van der Waals surface area contributed by atoms with Crippen LogP contribution in [0.3, 0.4) is 0 Å². The molecule has 0 aromatic heterocycles. The molecule has 1 fully saturated rings. The number of nitrogens with zero attached hydrogens (tertiary/aromatic N) is 1. The average Bonchev–Trinajstić information content (AvgIpc) is 2.91. The molecule has 1 aliphatic heterocycles. The van der Waals surface area contributed by atoms with Crippen LogP contribution in [0.1, 0.15) is 18.1 Å². The number of amides is 4. The van der Waals surface area contributed by atoms with Gasteiger partial charge in [-0.25, -0.2) is 4.79 Å². The van der Waals surface area contributed by atoms with Crippen molar-refractivity contribution in [3.8, 4) is 5.75 Å². The van der Waals surface area contributed by atoms with Gasteiger partial charge in [-0.05, 0) is 43.7 Å². The third-order valence-electron chi connectivity index (χ3n) is 4.49. The molecule has 0 bridgehead atoms. The van der Waals surface area contributed by atoms with Crippen LogP contribution in [-0.2, 0) is 15.1 Å². The molecule has 7 nitrogen and oxygen atoms in total. The third kappa shape index (κ3) is 3.96. The summed E-state index contributed by atoms with van der Waals surface area (Å²) in [5.74, 6) is -0.258. The lowest BCUT2D eigenvalue weighted by Gasteiger charge is -2.22. The van der Waals surface area contributed by atoms with Gasteiger partial charge in [-0.2, -0.15) is 5.01 Å². The van der Waals surface area contributed by atoms with Gasteiger partial charge in [0.2, 0.25) is 5.91 Å². The van der Waals surface area contributed by atoms with Crippen LogP contribution in [0.5, 0.6) is 5.75 Å². The maximum Gasteiger partial charge on any atom is 0.344 e. The van der Waals surface area contributed by atoms with Gasteiger partial charge in [0, 0.05) is 4.90 Å². The van der Waals surface area contributed by atoms with Gasteiger partial charge in [0.25, 0.3) is 5.91 Å². The van der Waals surface area contributed by atoms with Crippen molar-refractivity contribution < 1.29 is 19.1 Å². The number of benzene rings is 2. The zero-order chi connectivity index (χ0) is 20.3. The number of aryl methyl sites for hydroxylation is 1. The van der Waals surface area contributed by atoms with E-state index in [4.69, 9.17) is 4.74 Å². The fourth-order valence-electron chi connectivity index (χ4n) is 2.80. The van der Waals surface area contributed by atoms with E-state index in [-0.39, 0.29) is 5.75 Å². The molecule has 3 rings (SSSR count). The molecule has 1 saturated heterocycles. The number of carbonyl (C=O) groups is 3. The molecule has 0 radical (unpaired) electrons. The van der Waals surface area contributed by atoms with Crippen LogP contribution in [0.4, 0.5) is 4.79 Å². The lowest BCUT2D eigenvalue weighted by atomic mass is 9.92. The van der Waals surface area contributed by atoms with Gasteiger partial charge in [-0.1, -0.05) is 29.8 Å². The van der Waals surface area contributed by atoms with Crippen LogP contribution in [0.25, 0.3) is 0 Å². The van der Waals surface area contributed by atoms with E-state index in [0.29, 0.717) is 11.3 Å². The number of ether oxygens (including phenoxy) is 1. The van der Waals surface area contributed by atoms with Crippen LogP contribution in [-0.4, -0.2) is 35.7 Å². The second-order valence-electron chi connectivity index (χ2n) is 6.56. The Kier molecular flexibility index (Phi) is 5.60. The summed E-state index contributed by atoms with van der Waals surface area (Å²) >= 11 is 1.33. The Morgan fingerprint density at radius 3 is 2.39 bits per heavy atom. The second-order valence-corrected chi connectivity index (χ2v) is 7.61. The quantitative estimate of drug-likeness (QED) is 0.576. The van der Waals surface area contributed by atoms with E-state index in [1.807, 2.05) is 31.2 Å². The summed E-state index contributed by atoms with van der Waals surface area (Å²) in [6, 6.07) is 13.9. The molecular formula is C20H21N3O4S. The standard InChI is InChI=1S/C20H21N3O4S/c1-13-4-10-16(11-5-13)28-12-17(24)22-23-18(25)20(2,21-19(23)26)14-6-8-15(27-3)9-7-14/h4-11H,12H2,1-3H3,(H,21,26)(H,22,24). The van der Waals surface area contributed by atoms with E-state index < -0.39 is 23.4 Å². The fraction of sp³-hybridized carbons (Fsp3) is 0.250. The molecule has 1 aliphatic rings. The molecule has 146 valence electrons. The van der Waals surface area contributed by atoms with Gasteiger partial charge < -0.3 is 10.1 Å². The molecule has 2 N–H and O–H groups in total. The van der Waals surface area contributed by atoms with Crippen molar-refractivity contribution in [2.45, 2.75) is 24.3 Å². The molecule has 8 heteroatoms. The Bertz CT molecular complexity index is 899. The number of carbonyl (C=O) groups excluding carboxylic acids is 3. The lowest BCUT2D eigenvalue weighted by Crippen LogP contribution is -2.48. The summed E-state index contributed by atoms with van der Waals surface area (Å²) in [5, 5.41) is 3.38. The largest absolute Gasteiger partial charge is 0.497 e. The molecule has 0 spiro atoms. The zero-order valence-electron chi connectivity index (χ0n) is 15.8. The molecular weight excluding hydrogens is 378 g/mol. The molecule has 0 saturated carbocycles. The van der Waals surface area contributed by atoms with E-state index in [2.05, 4.69) is 10.7 Å². The summed E-state index contributed by atoms with van der Waals surface area (Å²) in [6.45, 7) is 3.58. The number of methoxy groups -OCH3 is 1. The summed E-state index contributed by atoms with van der Waals surface area (Å²) in [7, 11) is 1.55. The van der Waals surface area contributed by atoms with Crippen LogP contribution >= 0.6 is 11.8 Å². The molecule has 1 unspecified atom stereocenters. The van der Waals surface area contributed by atoms with Crippen LogP contribution < -0.4 is 15.5 Å². The Hall–Kier alpha value is -3.00. The highest BCUT2D eigenvalue weighted by molar-refractivity contribution is 8.00. The molecule has 0 aliphatic carbocycles. The Morgan fingerprint density at radius 2 is 1.79 bits per heavy atom. The highest BCUT2D eigenvalue weighted by Gasteiger charge is 2.50. The minimum absolute atomic E-state index is 0.0827. The van der Waals surface area contributed by atoms with E-state index in [9.17, 15) is 14.4 Å². The van der Waals surface area contributed by atoms with E-state index in [1.54, 1.807) is 38.3 Å². The number of thioether (sulfide) groups is 1. The lowest BCUT2D eigenvalue weighted by molar-refractivity contribution is -0.138. The Labute approximate surface area is 167 Å². The first-order chi connectivity index (χ1) is 13.3. The van der Waals surface area contributed by atoms with Gasteiger partial charge in [0.15, 0.2) is 0 Å². The molecule has 2 aromatic carbocycles. The first kappa shape index (κ1) is 19.8. The number of nitrogens with one attached hydrogen (secondary N) is 2. The van der Waals surface area contributed by atoms with Gasteiger partial charge in [0.05, 0.1) is 12.9 Å². The minimum atomic E-state index is -1.26. The fourth-order valence-corrected chi connectivity index (χ4v) is 3.49. The van der Waals surface area contributed by atoms with Gasteiger partial charge >= 0.3 is 6.03 Å². The van der Waals surface area contributed by atoms with Crippen molar-refractivity contribution in [2.24, 2.45) is 0 Å². The second kappa shape index (κ2) is 7.93. The number of hydrazine groups is 1. The zero-order valence-corrected chi connectivity index (χ0v) is 16.6. The van der Waals surface area contributed by atoms with Crippen molar-refractivity contribution in [1.82, 2.24) is 15.8 Å². The third-order valence-corrected chi connectivity index (χ3v) is 5.50. The molecule has 28 heavy (non-hydrogen) atoms.